The molecule has 1 aromatic rings. The van der Waals surface area contributed by atoms with Gasteiger partial charge in [0.2, 0.25) is 0 Å². The number of nitro groups is 1. The van der Waals surface area contributed by atoms with E-state index < -0.39 is 16.9 Å². The average molecular weight is 377 g/mol. The molecule has 1 aromatic carbocycles. The number of benzene rings is 1. The molecule has 0 radical (unpaired) electrons. The van der Waals surface area contributed by atoms with Crippen molar-refractivity contribution < 1.29 is 29.5 Å². The molecule has 0 aliphatic carbocycles. The van der Waals surface area contributed by atoms with Crippen molar-refractivity contribution >= 4 is 29.2 Å². The maximum Gasteiger partial charge on any atom is 0.414 e. The molecule has 0 spiro atoms. The number of hydrogen-bond donors (Lipinski definition) is 3. The Bertz CT molecular complexity index is 583. The molecule has 3 N–H and O–H groups in total. The number of nitrogens with one attached hydrogen (secondary N) is 1. The zero-order valence-electron chi connectivity index (χ0n) is 13.9. The van der Waals surface area contributed by atoms with E-state index in [0.717, 1.165) is 25.8 Å². The molecule has 25 heavy (non-hydrogen) atoms. The number of nitro benzene ring substituents is 1. The number of hydrogen-bond acceptors (Lipinski definition) is 6. The van der Waals surface area contributed by atoms with Crippen LogP contribution >= 0.6 is 11.6 Å². The van der Waals surface area contributed by atoms with Gasteiger partial charge in [-0.15, -0.1) is 0 Å². The van der Waals surface area contributed by atoms with E-state index in [1.165, 1.54) is 18.2 Å². The molecule has 0 amide bonds. The fraction of sp³-hybridized carbons (Fsp3) is 0.467. The number of rotatable bonds is 8. The van der Waals surface area contributed by atoms with E-state index in [2.05, 4.69) is 12.2 Å². The summed E-state index contributed by atoms with van der Waals surface area (Å²) < 4.78 is 5.76. The van der Waals surface area contributed by atoms with E-state index >= 15 is 0 Å². The summed E-state index contributed by atoms with van der Waals surface area (Å²) >= 11 is 5.87. The first-order chi connectivity index (χ1) is 11.7. The van der Waals surface area contributed by atoms with Crippen molar-refractivity contribution in [3.63, 3.8) is 0 Å². The number of carboxylic acid groups (broad SMARTS) is 2. The molecule has 140 valence electrons. The number of carboxylic acids is 2. The van der Waals surface area contributed by atoms with Gasteiger partial charge in [0.25, 0.3) is 0 Å². The minimum absolute atomic E-state index is 0.0463. The smallest absolute Gasteiger partial charge is 0.414 e. The molecule has 0 heterocycles. The third-order valence-electron chi connectivity index (χ3n) is 2.92. The number of carbonyl (C=O) groups is 2. The van der Waals surface area contributed by atoms with Crippen molar-refractivity contribution in [2.24, 2.45) is 0 Å². The summed E-state index contributed by atoms with van der Waals surface area (Å²) in [5, 5.41) is 29.2. The molecule has 9 nitrogen and oxygen atoms in total. The largest absolute Gasteiger partial charge is 0.483 e. The second-order valence-electron chi connectivity index (χ2n) is 4.90. The average Bonchev–Trinajstić information content (AvgIpc) is 2.53. The number of halogens is 1. The highest BCUT2D eigenvalue weighted by atomic mass is 35.5. The van der Waals surface area contributed by atoms with Gasteiger partial charge in [-0.1, -0.05) is 24.9 Å². The molecule has 0 aliphatic rings. The molecule has 0 aliphatic heterocycles. The van der Waals surface area contributed by atoms with Crippen LogP contribution in [0.3, 0.4) is 0 Å². The lowest BCUT2D eigenvalue weighted by atomic mass is 10.1. The highest BCUT2D eigenvalue weighted by Crippen LogP contribution is 2.31. The zero-order chi connectivity index (χ0) is 19.4. The first kappa shape index (κ1) is 22.6. The van der Waals surface area contributed by atoms with Crippen LogP contribution in [0.15, 0.2) is 18.2 Å². The highest BCUT2D eigenvalue weighted by molar-refractivity contribution is 6.30. The summed E-state index contributed by atoms with van der Waals surface area (Å²) in [6.45, 7) is 2.86. The van der Waals surface area contributed by atoms with Gasteiger partial charge in [-0.25, -0.2) is 9.59 Å². The Morgan fingerprint density at radius 2 is 1.92 bits per heavy atom. The number of aliphatic carboxylic acids is 2. The van der Waals surface area contributed by atoms with Crippen LogP contribution in [0.2, 0.25) is 5.02 Å². The Balaban J connectivity index is 0.000000823. The Morgan fingerprint density at radius 1 is 1.32 bits per heavy atom. The first-order valence-corrected chi connectivity index (χ1v) is 7.82. The third-order valence-corrected chi connectivity index (χ3v) is 3.16. The van der Waals surface area contributed by atoms with E-state index in [9.17, 15) is 10.1 Å². The van der Waals surface area contributed by atoms with Crippen molar-refractivity contribution in [2.75, 3.05) is 13.6 Å². The van der Waals surface area contributed by atoms with Crippen molar-refractivity contribution in [3.05, 3.63) is 33.3 Å². The Kier molecular flexibility index (Phi) is 10.9. The van der Waals surface area contributed by atoms with Crippen LogP contribution in [0.25, 0.3) is 0 Å². The van der Waals surface area contributed by atoms with Gasteiger partial charge in [0.05, 0.1) is 4.92 Å². The van der Waals surface area contributed by atoms with E-state index in [-0.39, 0.29) is 17.5 Å². The number of ether oxygens (including phenoxy) is 1. The summed E-state index contributed by atoms with van der Waals surface area (Å²) in [5.41, 5.74) is -0.0463. The zero-order valence-corrected chi connectivity index (χ0v) is 14.7. The fourth-order valence-corrected chi connectivity index (χ4v) is 1.96. The van der Waals surface area contributed by atoms with Crippen LogP contribution in [0.1, 0.15) is 26.2 Å². The third kappa shape index (κ3) is 9.48. The summed E-state index contributed by atoms with van der Waals surface area (Å²) in [6, 6.07) is 4.37. The topological polar surface area (TPSA) is 139 Å². The van der Waals surface area contributed by atoms with E-state index in [4.69, 9.17) is 36.1 Å². The lowest BCUT2D eigenvalue weighted by Crippen LogP contribution is -2.22. The normalized spacial score (nSPS) is 11.0. The van der Waals surface area contributed by atoms with Crippen LogP contribution < -0.4 is 10.1 Å². The van der Waals surface area contributed by atoms with Crippen LogP contribution in [0.4, 0.5) is 5.69 Å². The predicted octanol–water partition coefficient (Wildman–Crippen LogP) is 2.56. The monoisotopic (exact) mass is 376 g/mol. The first-order valence-electron chi connectivity index (χ1n) is 7.44. The second kappa shape index (κ2) is 12.0. The van der Waals surface area contributed by atoms with Gasteiger partial charge in [-0.05, 0) is 32.5 Å². The van der Waals surface area contributed by atoms with Gasteiger partial charge in [-0.3, -0.25) is 10.1 Å². The van der Waals surface area contributed by atoms with Gasteiger partial charge >= 0.3 is 17.6 Å². The van der Waals surface area contributed by atoms with Crippen molar-refractivity contribution in [2.45, 2.75) is 32.3 Å². The number of nitrogens with zero attached hydrogens (tertiary/aromatic N) is 1. The highest BCUT2D eigenvalue weighted by Gasteiger charge is 2.19. The molecule has 1 rings (SSSR count). The molecule has 0 saturated carbocycles. The van der Waals surface area contributed by atoms with Crippen LogP contribution in [-0.4, -0.2) is 46.8 Å². The summed E-state index contributed by atoms with van der Waals surface area (Å²) in [5.74, 6) is -3.41. The lowest BCUT2D eigenvalue weighted by Gasteiger charge is -2.18. The minimum Gasteiger partial charge on any atom is -0.483 e. The molecule has 0 bridgehead atoms. The summed E-state index contributed by atoms with van der Waals surface area (Å²) in [4.78, 5) is 28.7. The fourth-order valence-electron chi connectivity index (χ4n) is 1.80. The standard InChI is InChI=1S/C13H19ClN2O3.C2H2O4/c1-3-4-11(7-8-15-2)19-13-9-10(14)5-6-12(13)16(17)18;3-1(4)2(5)6/h5-6,9,11,15H,3-4,7-8H2,1-2H3;(H,3,4)(H,5,6). The molecule has 1 atom stereocenters. The van der Waals surface area contributed by atoms with Gasteiger partial charge in [0, 0.05) is 17.2 Å². The summed E-state index contributed by atoms with van der Waals surface area (Å²) in [6.07, 6.45) is 2.57. The molecular weight excluding hydrogens is 356 g/mol. The quantitative estimate of drug-likeness (QED) is 0.357. The molecule has 10 heteroatoms. The molecule has 0 aromatic heterocycles. The maximum atomic E-state index is 11.0. The Morgan fingerprint density at radius 3 is 2.36 bits per heavy atom. The second-order valence-corrected chi connectivity index (χ2v) is 5.34. The SMILES string of the molecule is CCCC(CCNC)Oc1cc(Cl)ccc1[N+](=O)[O-].O=C(O)C(=O)O. The molecular formula is C15H21ClN2O7. The van der Waals surface area contributed by atoms with Gasteiger partial charge < -0.3 is 20.3 Å². The molecule has 1 unspecified atom stereocenters. The van der Waals surface area contributed by atoms with Crippen molar-refractivity contribution in [1.29, 1.82) is 0 Å². The Labute approximate surface area is 149 Å². The van der Waals surface area contributed by atoms with Gasteiger partial charge in [-0.2, -0.15) is 0 Å². The maximum absolute atomic E-state index is 11.0. The Hall–Kier alpha value is -2.39. The summed E-state index contributed by atoms with van der Waals surface area (Å²) in [7, 11) is 1.87. The minimum atomic E-state index is -1.82. The van der Waals surface area contributed by atoms with Crippen molar-refractivity contribution in [1.82, 2.24) is 5.32 Å². The lowest BCUT2D eigenvalue weighted by molar-refractivity contribution is -0.386. The molecule has 0 fully saturated rings. The predicted molar refractivity (Wildman–Crippen MR) is 91.2 cm³/mol. The van der Waals surface area contributed by atoms with Crippen LogP contribution in [0.5, 0.6) is 5.75 Å². The van der Waals surface area contributed by atoms with Crippen LogP contribution in [-0.2, 0) is 9.59 Å². The van der Waals surface area contributed by atoms with E-state index in [1.54, 1.807) is 0 Å². The van der Waals surface area contributed by atoms with Gasteiger partial charge in [0.15, 0.2) is 5.75 Å². The van der Waals surface area contributed by atoms with E-state index in [1.807, 2.05) is 7.05 Å². The van der Waals surface area contributed by atoms with Gasteiger partial charge in [0.1, 0.15) is 6.10 Å². The van der Waals surface area contributed by atoms with Crippen LogP contribution in [0, 0.1) is 10.1 Å². The molecule has 0 saturated heterocycles. The van der Waals surface area contributed by atoms with E-state index in [0.29, 0.717) is 5.02 Å². The van der Waals surface area contributed by atoms with Crippen molar-refractivity contribution in [3.8, 4) is 5.75 Å².